The molecule has 0 spiro atoms. The maximum Gasteiger partial charge on any atom is 0.183 e. The van der Waals surface area contributed by atoms with Gasteiger partial charge in [0.2, 0.25) is 0 Å². The molecule has 0 amide bonds. The van der Waals surface area contributed by atoms with Gasteiger partial charge in [-0.1, -0.05) is 13.8 Å². The van der Waals surface area contributed by atoms with Crippen LogP contribution in [0.2, 0.25) is 0 Å². The molecule has 0 N–H and O–H groups in total. The van der Waals surface area contributed by atoms with Crippen LogP contribution >= 0.6 is 0 Å². The van der Waals surface area contributed by atoms with Gasteiger partial charge in [-0.25, -0.2) is 9.97 Å². The third kappa shape index (κ3) is 2.44. The lowest BCUT2D eigenvalue weighted by atomic mass is 10.1. The summed E-state index contributed by atoms with van der Waals surface area (Å²) in [6.07, 6.45) is 5.24. The molecule has 0 unspecified atom stereocenters. The molecule has 1 aromatic rings. The Kier molecular flexibility index (Phi) is 4.04. The van der Waals surface area contributed by atoms with Gasteiger partial charge < -0.3 is 4.90 Å². The molecule has 4 nitrogen and oxygen atoms in total. The molecule has 1 heterocycles. The van der Waals surface area contributed by atoms with Crippen molar-refractivity contribution in [2.45, 2.75) is 32.7 Å². The maximum atomic E-state index is 8.92. The minimum absolute atomic E-state index is 0.395. The zero-order chi connectivity index (χ0) is 11.3. The van der Waals surface area contributed by atoms with E-state index in [1.165, 1.54) is 0 Å². The second kappa shape index (κ2) is 5.30. The van der Waals surface area contributed by atoms with Gasteiger partial charge in [0.25, 0.3) is 0 Å². The largest absolute Gasteiger partial charge is 0.354 e. The highest BCUT2D eigenvalue weighted by Crippen LogP contribution is 2.17. The Labute approximate surface area is 90.6 Å². The summed E-state index contributed by atoms with van der Waals surface area (Å²) in [5, 5.41) is 8.92. The summed E-state index contributed by atoms with van der Waals surface area (Å²) in [5.74, 6) is 0.675. The van der Waals surface area contributed by atoms with E-state index >= 15 is 0 Å². The highest BCUT2D eigenvalue weighted by atomic mass is 15.2. The predicted octanol–water partition coefficient (Wildman–Crippen LogP) is 1.97. The molecule has 4 heteroatoms. The van der Waals surface area contributed by atoms with Gasteiger partial charge in [-0.3, -0.25) is 0 Å². The molecule has 15 heavy (non-hydrogen) atoms. The minimum atomic E-state index is 0.395. The summed E-state index contributed by atoms with van der Waals surface area (Å²) in [4.78, 5) is 10.2. The second-order valence-electron chi connectivity index (χ2n) is 3.42. The first kappa shape index (κ1) is 11.4. The van der Waals surface area contributed by atoms with Crippen molar-refractivity contribution in [2.75, 3.05) is 11.9 Å². The normalized spacial score (nSPS) is 10.1. The van der Waals surface area contributed by atoms with Crippen LogP contribution < -0.4 is 4.90 Å². The lowest BCUT2D eigenvalue weighted by Crippen LogP contribution is -2.31. The molecule has 1 aromatic heterocycles. The maximum absolute atomic E-state index is 8.92. The summed E-state index contributed by atoms with van der Waals surface area (Å²) < 4.78 is 0. The molecular formula is C11H16N4. The molecule has 80 valence electrons. The van der Waals surface area contributed by atoms with Crippen LogP contribution in [0.25, 0.3) is 0 Å². The molecular weight excluding hydrogens is 188 g/mol. The van der Waals surface area contributed by atoms with Gasteiger partial charge in [0, 0.05) is 25.5 Å². The fraction of sp³-hybridized carbons (Fsp3) is 0.545. The number of hydrogen-bond donors (Lipinski definition) is 0. The average Bonchev–Trinajstić information content (AvgIpc) is 2.30. The number of nitriles is 1. The van der Waals surface area contributed by atoms with E-state index in [-0.39, 0.29) is 0 Å². The fourth-order valence-corrected chi connectivity index (χ4v) is 1.68. The third-order valence-electron chi connectivity index (χ3n) is 2.61. The molecule has 0 bridgehead atoms. The van der Waals surface area contributed by atoms with Crippen molar-refractivity contribution < 1.29 is 0 Å². The van der Waals surface area contributed by atoms with Crippen LogP contribution in [0.3, 0.4) is 0 Å². The molecule has 0 saturated carbocycles. The SMILES string of the molecule is CCC(CC)N(C)c1nccnc1C#N. The Morgan fingerprint density at radius 2 is 1.93 bits per heavy atom. The van der Waals surface area contributed by atoms with Crippen molar-refractivity contribution >= 4 is 5.82 Å². The summed E-state index contributed by atoms with van der Waals surface area (Å²) in [6, 6.07) is 2.48. The molecule has 1 rings (SSSR count). The van der Waals surface area contributed by atoms with Crippen molar-refractivity contribution in [3.8, 4) is 6.07 Å². The summed E-state index contributed by atoms with van der Waals surface area (Å²) >= 11 is 0. The number of nitrogens with zero attached hydrogens (tertiary/aromatic N) is 4. The molecule has 0 atom stereocenters. The Morgan fingerprint density at radius 3 is 2.47 bits per heavy atom. The van der Waals surface area contributed by atoms with Crippen molar-refractivity contribution in [1.82, 2.24) is 9.97 Å². The van der Waals surface area contributed by atoms with Gasteiger partial charge in [0.05, 0.1) is 0 Å². The molecule has 0 aliphatic rings. The fourth-order valence-electron chi connectivity index (χ4n) is 1.68. The Balaban J connectivity index is 3.00. The van der Waals surface area contributed by atoms with Crippen LogP contribution in [-0.4, -0.2) is 23.1 Å². The van der Waals surface area contributed by atoms with Crippen molar-refractivity contribution in [3.05, 3.63) is 18.1 Å². The monoisotopic (exact) mass is 204 g/mol. The van der Waals surface area contributed by atoms with Crippen LogP contribution in [0.5, 0.6) is 0 Å². The van der Waals surface area contributed by atoms with Crippen LogP contribution in [0.4, 0.5) is 5.82 Å². The lowest BCUT2D eigenvalue weighted by Gasteiger charge is -2.27. The molecule has 0 aliphatic heterocycles. The lowest BCUT2D eigenvalue weighted by molar-refractivity contribution is 0.585. The van der Waals surface area contributed by atoms with E-state index in [0.29, 0.717) is 17.6 Å². The van der Waals surface area contributed by atoms with Gasteiger partial charge in [-0.15, -0.1) is 0 Å². The standard InChI is InChI=1S/C11H16N4/c1-4-9(5-2)15(3)11-10(8-12)13-6-7-14-11/h6-7,9H,4-5H2,1-3H3. The van der Waals surface area contributed by atoms with Crippen molar-refractivity contribution in [2.24, 2.45) is 0 Å². The van der Waals surface area contributed by atoms with Crippen molar-refractivity contribution in [3.63, 3.8) is 0 Å². The number of aromatic nitrogens is 2. The first-order valence-electron chi connectivity index (χ1n) is 5.18. The van der Waals surface area contributed by atoms with E-state index in [9.17, 15) is 0 Å². The summed E-state index contributed by atoms with van der Waals surface area (Å²) in [7, 11) is 1.96. The van der Waals surface area contributed by atoms with Crippen LogP contribution in [0.15, 0.2) is 12.4 Å². The zero-order valence-corrected chi connectivity index (χ0v) is 9.44. The van der Waals surface area contributed by atoms with Crippen molar-refractivity contribution in [1.29, 1.82) is 5.26 Å². The van der Waals surface area contributed by atoms with E-state index < -0.39 is 0 Å². The Hall–Kier alpha value is -1.63. The summed E-state index contributed by atoms with van der Waals surface area (Å²) in [6.45, 7) is 4.26. The molecule has 0 fully saturated rings. The Morgan fingerprint density at radius 1 is 1.33 bits per heavy atom. The van der Waals surface area contributed by atoms with E-state index in [0.717, 1.165) is 12.8 Å². The van der Waals surface area contributed by atoms with Gasteiger partial charge in [0.1, 0.15) is 6.07 Å². The molecule has 0 saturated heterocycles. The smallest absolute Gasteiger partial charge is 0.183 e. The minimum Gasteiger partial charge on any atom is -0.354 e. The van der Waals surface area contributed by atoms with Gasteiger partial charge >= 0.3 is 0 Å². The molecule has 0 radical (unpaired) electrons. The van der Waals surface area contributed by atoms with Gasteiger partial charge in [-0.2, -0.15) is 5.26 Å². The summed E-state index contributed by atoms with van der Waals surface area (Å²) in [5.41, 5.74) is 0.395. The van der Waals surface area contributed by atoms with Gasteiger partial charge in [0.15, 0.2) is 11.5 Å². The predicted molar refractivity (Wildman–Crippen MR) is 59.5 cm³/mol. The van der Waals surface area contributed by atoms with E-state index in [4.69, 9.17) is 5.26 Å². The van der Waals surface area contributed by atoms with E-state index in [1.807, 2.05) is 11.9 Å². The van der Waals surface area contributed by atoms with E-state index in [1.54, 1.807) is 12.4 Å². The van der Waals surface area contributed by atoms with Crippen LogP contribution in [0, 0.1) is 11.3 Å². The number of hydrogen-bond acceptors (Lipinski definition) is 4. The second-order valence-corrected chi connectivity index (χ2v) is 3.42. The van der Waals surface area contributed by atoms with Gasteiger partial charge in [-0.05, 0) is 12.8 Å². The average molecular weight is 204 g/mol. The Bertz CT molecular complexity index is 352. The first-order valence-corrected chi connectivity index (χ1v) is 5.18. The molecule has 0 aliphatic carbocycles. The highest BCUT2D eigenvalue weighted by Gasteiger charge is 2.16. The highest BCUT2D eigenvalue weighted by molar-refractivity contribution is 5.49. The third-order valence-corrected chi connectivity index (χ3v) is 2.61. The topological polar surface area (TPSA) is 52.8 Å². The van der Waals surface area contributed by atoms with E-state index in [2.05, 4.69) is 29.9 Å². The van der Waals surface area contributed by atoms with Crippen LogP contribution in [0.1, 0.15) is 32.4 Å². The number of rotatable bonds is 4. The molecule has 0 aromatic carbocycles. The first-order chi connectivity index (χ1) is 7.24. The zero-order valence-electron chi connectivity index (χ0n) is 9.44. The quantitative estimate of drug-likeness (QED) is 0.752. The number of anilines is 1. The van der Waals surface area contributed by atoms with Crippen LogP contribution in [-0.2, 0) is 0 Å².